The number of rotatable bonds is 10. The first-order chi connectivity index (χ1) is 17.0. The molecule has 4 rings (SSSR count). The van der Waals surface area contributed by atoms with Crippen molar-refractivity contribution in [1.82, 2.24) is 10.3 Å². The number of aromatic nitrogens is 1. The summed E-state index contributed by atoms with van der Waals surface area (Å²) >= 11 is 1.28. The zero-order chi connectivity index (χ0) is 24.8. The number of hydrogen-bond acceptors (Lipinski definition) is 7. The molecule has 0 spiro atoms. The number of amides is 1. The van der Waals surface area contributed by atoms with Crippen LogP contribution in [0.3, 0.4) is 0 Å². The lowest BCUT2D eigenvalue weighted by atomic mass is 10.1. The molecule has 2 aromatic carbocycles. The van der Waals surface area contributed by atoms with Crippen molar-refractivity contribution in [3.63, 3.8) is 0 Å². The van der Waals surface area contributed by atoms with E-state index in [1.165, 1.54) is 36.6 Å². The van der Waals surface area contributed by atoms with Gasteiger partial charge in [-0.15, -0.1) is 11.3 Å². The molecule has 9 heteroatoms. The summed E-state index contributed by atoms with van der Waals surface area (Å²) in [6.07, 6.45) is 0.987. The second kappa shape index (κ2) is 10.9. The molecule has 4 aromatic rings. The van der Waals surface area contributed by atoms with Gasteiger partial charge < -0.3 is 19.6 Å². The number of methoxy groups -OCH3 is 1. The number of nitrogens with one attached hydrogen (secondary N) is 1. The van der Waals surface area contributed by atoms with Crippen molar-refractivity contribution < 1.29 is 28.2 Å². The van der Waals surface area contributed by atoms with Crippen molar-refractivity contribution in [3.05, 3.63) is 77.1 Å². The zero-order valence-electron chi connectivity index (χ0n) is 18.7. The summed E-state index contributed by atoms with van der Waals surface area (Å²) in [5.41, 5.74) is 1.76. The lowest BCUT2D eigenvalue weighted by molar-refractivity contribution is -0.108. The molecular formula is C26H21FN2O5S. The van der Waals surface area contributed by atoms with Crippen LogP contribution >= 0.6 is 11.3 Å². The number of carbonyl (C=O) groups excluding carboxylic acids is 3. The number of nitrogens with zero attached hydrogens (tertiary/aromatic N) is 1. The van der Waals surface area contributed by atoms with Crippen LogP contribution in [0.1, 0.15) is 27.3 Å². The maximum Gasteiger partial charge on any atom is 0.251 e. The van der Waals surface area contributed by atoms with Crippen molar-refractivity contribution in [2.75, 3.05) is 20.3 Å². The van der Waals surface area contributed by atoms with E-state index in [9.17, 15) is 18.8 Å². The first-order valence-corrected chi connectivity index (χ1v) is 11.6. The summed E-state index contributed by atoms with van der Waals surface area (Å²) in [6, 6.07) is 14.5. The second-order valence-electron chi connectivity index (χ2n) is 7.45. The second-order valence-corrected chi connectivity index (χ2v) is 8.33. The van der Waals surface area contributed by atoms with Crippen molar-refractivity contribution in [2.24, 2.45) is 0 Å². The Bertz CT molecular complexity index is 1400. The quantitative estimate of drug-likeness (QED) is 0.196. The summed E-state index contributed by atoms with van der Waals surface area (Å²) in [5, 5.41) is 5.13. The number of fused-ring (bicyclic) bond motifs is 1. The highest BCUT2D eigenvalue weighted by Crippen LogP contribution is 2.34. The fraction of sp³-hybridized carbons (Fsp3) is 0.154. The third-order valence-corrected chi connectivity index (χ3v) is 6.20. The van der Waals surface area contributed by atoms with Gasteiger partial charge in [0.1, 0.15) is 17.8 Å². The van der Waals surface area contributed by atoms with Crippen molar-refractivity contribution in [2.45, 2.75) is 6.42 Å². The molecule has 0 aliphatic heterocycles. The number of aldehydes is 1. The molecule has 0 aliphatic rings. The molecule has 35 heavy (non-hydrogen) atoms. The van der Waals surface area contributed by atoms with Crippen molar-refractivity contribution in [3.8, 4) is 22.8 Å². The number of hydrogen-bond donors (Lipinski definition) is 1. The van der Waals surface area contributed by atoms with Crippen molar-refractivity contribution in [1.29, 1.82) is 0 Å². The molecule has 2 aromatic heterocycles. The van der Waals surface area contributed by atoms with Crippen LogP contribution in [0.15, 0.2) is 60.0 Å². The van der Waals surface area contributed by atoms with Gasteiger partial charge in [0.2, 0.25) is 0 Å². The smallest absolute Gasteiger partial charge is 0.251 e. The van der Waals surface area contributed by atoms with Crippen LogP contribution in [-0.4, -0.2) is 43.2 Å². The fourth-order valence-electron chi connectivity index (χ4n) is 3.46. The summed E-state index contributed by atoms with van der Waals surface area (Å²) in [6.45, 7) is -0.0592. The van der Waals surface area contributed by atoms with E-state index < -0.39 is 5.91 Å². The van der Waals surface area contributed by atoms with E-state index in [0.29, 0.717) is 21.9 Å². The summed E-state index contributed by atoms with van der Waals surface area (Å²) < 4.78 is 25.3. The Balaban J connectivity index is 1.45. The van der Waals surface area contributed by atoms with Crippen LogP contribution in [-0.2, 0) is 4.79 Å². The molecule has 2 heterocycles. The number of Topliss-reactive ketones (excluding diaryl/α,β-unsaturated/α-hetero) is 1. The lowest BCUT2D eigenvalue weighted by Crippen LogP contribution is -2.30. The molecule has 0 unspecified atom stereocenters. The Labute approximate surface area is 204 Å². The number of pyridine rings is 1. The van der Waals surface area contributed by atoms with Gasteiger partial charge in [0, 0.05) is 28.3 Å². The van der Waals surface area contributed by atoms with Gasteiger partial charge in [-0.25, -0.2) is 9.37 Å². The molecule has 0 saturated heterocycles. The van der Waals surface area contributed by atoms with Gasteiger partial charge in [0.05, 0.1) is 30.7 Å². The van der Waals surface area contributed by atoms with Crippen LogP contribution in [0.4, 0.5) is 4.39 Å². The van der Waals surface area contributed by atoms with E-state index >= 15 is 0 Å². The van der Waals surface area contributed by atoms with E-state index in [4.69, 9.17) is 9.47 Å². The highest BCUT2D eigenvalue weighted by Gasteiger charge is 2.16. The Morgan fingerprint density at radius 1 is 1.11 bits per heavy atom. The van der Waals surface area contributed by atoms with E-state index in [1.807, 2.05) is 11.4 Å². The van der Waals surface area contributed by atoms with Crippen LogP contribution in [0.25, 0.3) is 21.3 Å². The maximum atomic E-state index is 14.0. The SMILES string of the molecule is COc1cc(C(=O)NCC(=O)c2cccc(-c3csc4c(F)cccc34)n2)ccc1OCCC=O. The van der Waals surface area contributed by atoms with Crippen LogP contribution in [0.5, 0.6) is 11.5 Å². The lowest BCUT2D eigenvalue weighted by Gasteiger charge is -2.11. The highest BCUT2D eigenvalue weighted by molar-refractivity contribution is 7.17. The summed E-state index contributed by atoms with van der Waals surface area (Å²) in [7, 11) is 1.44. The summed E-state index contributed by atoms with van der Waals surface area (Å²) in [5.74, 6) is -0.392. The molecule has 0 aliphatic carbocycles. The molecule has 0 saturated carbocycles. The van der Waals surface area contributed by atoms with Crippen LogP contribution in [0, 0.1) is 5.82 Å². The predicted molar refractivity (Wildman–Crippen MR) is 131 cm³/mol. The highest BCUT2D eigenvalue weighted by atomic mass is 32.1. The third kappa shape index (κ3) is 5.36. The van der Waals surface area contributed by atoms with E-state index in [1.54, 1.807) is 30.3 Å². The molecule has 1 N–H and O–H groups in total. The number of carbonyl (C=O) groups is 3. The van der Waals surface area contributed by atoms with Gasteiger partial charge in [-0.05, 0) is 36.4 Å². The van der Waals surface area contributed by atoms with Gasteiger partial charge in [0.25, 0.3) is 5.91 Å². The first kappa shape index (κ1) is 24.0. The molecular weight excluding hydrogens is 471 g/mol. The maximum absolute atomic E-state index is 14.0. The number of thiophene rings is 1. The Kier molecular flexibility index (Phi) is 7.47. The largest absolute Gasteiger partial charge is 0.493 e. The van der Waals surface area contributed by atoms with E-state index in [0.717, 1.165) is 17.2 Å². The van der Waals surface area contributed by atoms with Gasteiger partial charge >= 0.3 is 0 Å². The monoisotopic (exact) mass is 492 g/mol. The average Bonchev–Trinajstić information content (AvgIpc) is 3.33. The fourth-order valence-corrected chi connectivity index (χ4v) is 4.43. The first-order valence-electron chi connectivity index (χ1n) is 10.7. The van der Waals surface area contributed by atoms with E-state index in [-0.39, 0.29) is 42.4 Å². The topological polar surface area (TPSA) is 94.6 Å². The summed E-state index contributed by atoms with van der Waals surface area (Å²) in [4.78, 5) is 40.2. The van der Waals surface area contributed by atoms with Crippen LogP contribution in [0.2, 0.25) is 0 Å². The number of ether oxygens (including phenoxy) is 2. The minimum Gasteiger partial charge on any atom is -0.493 e. The minimum absolute atomic E-state index is 0.190. The van der Waals surface area contributed by atoms with Gasteiger partial charge in [-0.1, -0.05) is 18.2 Å². The molecule has 178 valence electrons. The van der Waals surface area contributed by atoms with Gasteiger partial charge in [0.15, 0.2) is 17.3 Å². The van der Waals surface area contributed by atoms with Gasteiger partial charge in [-0.2, -0.15) is 0 Å². The standard InChI is InChI=1S/C26H21FN2O5S/c1-33-24-13-16(9-10-23(24)34-12-4-11-30)26(32)28-14-22(31)21-8-3-7-20(29-21)18-15-35-25-17(18)5-2-6-19(25)27/h2-3,5-11,13,15H,4,12,14H2,1H3,(H,28,32). The molecule has 0 radical (unpaired) electrons. The zero-order valence-corrected chi connectivity index (χ0v) is 19.6. The Morgan fingerprint density at radius 3 is 2.74 bits per heavy atom. The Morgan fingerprint density at radius 2 is 1.94 bits per heavy atom. The third-order valence-electron chi connectivity index (χ3n) is 5.19. The van der Waals surface area contributed by atoms with E-state index in [2.05, 4.69) is 10.3 Å². The number of benzene rings is 2. The van der Waals surface area contributed by atoms with Gasteiger partial charge in [-0.3, -0.25) is 9.59 Å². The molecule has 0 bridgehead atoms. The molecule has 1 amide bonds. The molecule has 0 atom stereocenters. The molecule has 0 fully saturated rings. The Hall–Kier alpha value is -4.11. The molecule has 7 nitrogen and oxygen atoms in total. The minimum atomic E-state index is -0.466. The van der Waals surface area contributed by atoms with Crippen LogP contribution < -0.4 is 14.8 Å². The van der Waals surface area contributed by atoms with Crippen molar-refractivity contribution >= 4 is 39.4 Å². The predicted octanol–water partition coefficient (Wildman–Crippen LogP) is 4.69. The average molecular weight is 493 g/mol. The number of halogens is 1. The number of ketones is 1. The normalized spacial score (nSPS) is 10.7.